The van der Waals surface area contributed by atoms with E-state index in [9.17, 15) is 4.79 Å². The minimum Gasteiger partial charge on any atom is -0.394 e. The number of nitrogens with one attached hydrogen (secondary N) is 1. The number of benzene rings is 1. The van der Waals surface area contributed by atoms with E-state index in [0.29, 0.717) is 6.42 Å². The molecule has 16 heavy (non-hydrogen) atoms. The van der Waals surface area contributed by atoms with Crippen molar-refractivity contribution in [2.45, 2.75) is 32.2 Å². The van der Waals surface area contributed by atoms with E-state index >= 15 is 0 Å². The van der Waals surface area contributed by atoms with Crippen molar-refractivity contribution >= 4 is 5.91 Å². The number of rotatable bonds is 6. The van der Waals surface area contributed by atoms with Crippen LogP contribution in [0.15, 0.2) is 30.3 Å². The fourth-order valence-corrected chi connectivity index (χ4v) is 1.49. The average molecular weight is 221 g/mol. The molecule has 0 saturated heterocycles. The van der Waals surface area contributed by atoms with Gasteiger partial charge in [0, 0.05) is 12.5 Å². The zero-order valence-corrected chi connectivity index (χ0v) is 9.65. The summed E-state index contributed by atoms with van der Waals surface area (Å²) in [6, 6.07) is 9.97. The summed E-state index contributed by atoms with van der Waals surface area (Å²) in [6.07, 6.45) is 2.27. The van der Waals surface area contributed by atoms with Crippen LogP contribution >= 0.6 is 0 Å². The summed E-state index contributed by atoms with van der Waals surface area (Å²) in [4.78, 5) is 11.4. The van der Waals surface area contributed by atoms with Crippen LogP contribution in [-0.4, -0.2) is 23.7 Å². The van der Waals surface area contributed by atoms with Gasteiger partial charge in [-0.05, 0) is 25.3 Å². The summed E-state index contributed by atoms with van der Waals surface area (Å²) in [6.45, 7) is 1.78. The summed E-state index contributed by atoms with van der Waals surface area (Å²) in [5, 5.41) is 11.5. The molecule has 0 aliphatic rings. The molecular weight excluding hydrogens is 202 g/mol. The summed E-state index contributed by atoms with van der Waals surface area (Å²) in [7, 11) is 0. The molecule has 0 heterocycles. The zero-order chi connectivity index (χ0) is 11.8. The smallest absolute Gasteiger partial charge is 0.220 e. The molecule has 1 rings (SSSR count). The molecule has 1 aromatic rings. The van der Waals surface area contributed by atoms with E-state index in [1.165, 1.54) is 5.56 Å². The van der Waals surface area contributed by atoms with E-state index in [4.69, 9.17) is 5.11 Å². The van der Waals surface area contributed by atoms with Crippen molar-refractivity contribution in [1.29, 1.82) is 0 Å². The van der Waals surface area contributed by atoms with Gasteiger partial charge in [0.25, 0.3) is 0 Å². The molecule has 88 valence electrons. The first kappa shape index (κ1) is 12.7. The van der Waals surface area contributed by atoms with Crippen molar-refractivity contribution in [1.82, 2.24) is 5.32 Å². The molecule has 1 amide bonds. The number of aliphatic hydroxyl groups is 1. The van der Waals surface area contributed by atoms with Crippen LogP contribution in [0.25, 0.3) is 0 Å². The van der Waals surface area contributed by atoms with Crippen LogP contribution in [-0.2, 0) is 11.2 Å². The molecule has 0 aromatic heterocycles. The second-order valence-electron chi connectivity index (χ2n) is 3.99. The van der Waals surface area contributed by atoms with Crippen LogP contribution in [0.5, 0.6) is 0 Å². The molecule has 2 N–H and O–H groups in total. The number of carbonyl (C=O) groups is 1. The third kappa shape index (κ3) is 4.94. The van der Waals surface area contributed by atoms with Crippen molar-refractivity contribution in [2.24, 2.45) is 0 Å². The lowest BCUT2D eigenvalue weighted by molar-refractivity contribution is -0.122. The van der Waals surface area contributed by atoms with Crippen LogP contribution in [0.1, 0.15) is 25.3 Å². The number of amides is 1. The highest BCUT2D eigenvalue weighted by Gasteiger charge is 2.05. The van der Waals surface area contributed by atoms with Gasteiger partial charge >= 0.3 is 0 Å². The highest BCUT2D eigenvalue weighted by Crippen LogP contribution is 2.04. The SMILES string of the molecule is CC(CO)NC(=O)CCCc1ccccc1. The molecule has 0 spiro atoms. The second-order valence-corrected chi connectivity index (χ2v) is 3.99. The predicted octanol–water partition coefficient (Wildman–Crippen LogP) is 1.51. The standard InChI is InChI=1S/C13H19NO2/c1-11(10-15)14-13(16)9-5-8-12-6-3-2-4-7-12/h2-4,6-7,11,15H,5,8-10H2,1H3,(H,14,16). The van der Waals surface area contributed by atoms with Crippen molar-refractivity contribution in [2.75, 3.05) is 6.61 Å². The van der Waals surface area contributed by atoms with Gasteiger partial charge in [0.2, 0.25) is 5.91 Å². The van der Waals surface area contributed by atoms with Crippen LogP contribution in [0.3, 0.4) is 0 Å². The molecule has 1 atom stereocenters. The minimum atomic E-state index is -0.149. The Morgan fingerprint density at radius 1 is 1.38 bits per heavy atom. The van der Waals surface area contributed by atoms with E-state index < -0.39 is 0 Å². The Morgan fingerprint density at radius 2 is 2.06 bits per heavy atom. The summed E-state index contributed by atoms with van der Waals surface area (Å²) in [5.41, 5.74) is 1.26. The van der Waals surface area contributed by atoms with Gasteiger partial charge in [0.1, 0.15) is 0 Å². The Balaban J connectivity index is 2.18. The van der Waals surface area contributed by atoms with Crippen molar-refractivity contribution in [3.8, 4) is 0 Å². The average Bonchev–Trinajstić information content (AvgIpc) is 2.30. The molecule has 0 saturated carbocycles. The van der Waals surface area contributed by atoms with Gasteiger partial charge in [0.15, 0.2) is 0 Å². The van der Waals surface area contributed by atoms with E-state index in [1.807, 2.05) is 18.2 Å². The predicted molar refractivity (Wildman–Crippen MR) is 64.1 cm³/mol. The summed E-state index contributed by atoms with van der Waals surface area (Å²) in [5.74, 6) is 0.0116. The van der Waals surface area contributed by atoms with E-state index in [0.717, 1.165) is 12.8 Å². The highest BCUT2D eigenvalue weighted by molar-refractivity contribution is 5.76. The van der Waals surface area contributed by atoms with E-state index in [-0.39, 0.29) is 18.6 Å². The van der Waals surface area contributed by atoms with Crippen LogP contribution in [0.2, 0.25) is 0 Å². The molecule has 1 aromatic carbocycles. The topological polar surface area (TPSA) is 49.3 Å². The largest absolute Gasteiger partial charge is 0.394 e. The first-order valence-electron chi connectivity index (χ1n) is 5.66. The lowest BCUT2D eigenvalue weighted by Gasteiger charge is -2.10. The second kappa shape index (κ2) is 7.01. The maximum atomic E-state index is 11.4. The third-order valence-corrected chi connectivity index (χ3v) is 2.39. The number of aryl methyl sites for hydroxylation is 1. The van der Waals surface area contributed by atoms with Gasteiger partial charge < -0.3 is 10.4 Å². The molecule has 0 aliphatic carbocycles. The van der Waals surface area contributed by atoms with Crippen molar-refractivity contribution in [3.05, 3.63) is 35.9 Å². The van der Waals surface area contributed by atoms with Gasteiger partial charge in [-0.25, -0.2) is 0 Å². The van der Waals surface area contributed by atoms with Gasteiger partial charge in [0.05, 0.1) is 6.61 Å². The molecular formula is C13H19NO2. The fraction of sp³-hybridized carbons (Fsp3) is 0.462. The quantitative estimate of drug-likeness (QED) is 0.765. The Morgan fingerprint density at radius 3 is 2.69 bits per heavy atom. The molecule has 1 unspecified atom stereocenters. The number of hydrogen-bond acceptors (Lipinski definition) is 2. The van der Waals surface area contributed by atoms with Crippen molar-refractivity contribution in [3.63, 3.8) is 0 Å². The lowest BCUT2D eigenvalue weighted by Crippen LogP contribution is -2.34. The van der Waals surface area contributed by atoms with E-state index in [2.05, 4.69) is 17.4 Å². The van der Waals surface area contributed by atoms with Crippen molar-refractivity contribution < 1.29 is 9.90 Å². The van der Waals surface area contributed by atoms with Gasteiger partial charge in [-0.3, -0.25) is 4.79 Å². The number of carbonyl (C=O) groups excluding carboxylic acids is 1. The lowest BCUT2D eigenvalue weighted by atomic mass is 10.1. The Hall–Kier alpha value is -1.35. The molecule has 0 bridgehead atoms. The van der Waals surface area contributed by atoms with Gasteiger partial charge in [-0.1, -0.05) is 30.3 Å². The fourth-order valence-electron chi connectivity index (χ4n) is 1.49. The molecule has 3 nitrogen and oxygen atoms in total. The maximum Gasteiger partial charge on any atom is 0.220 e. The first-order chi connectivity index (χ1) is 7.72. The summed E-state index contributed by atoms with van der Waals surface area (Å²) >= 11 is 0. The third-order valence-electron chi connectivity index (χ3n) is 2.39. The first-order valence-corrected chi connectivity index (χ1v) is 5.66. The Bertz CT molecular complexity index is 311. The summed E-state index contributed by atoms with van der Waals surface area (Å²) < 4.78 is 0. The Kier molecular flexibility index (Phi) is 5.57. The highest BCUT2D eigenvalue weighted by atomic mass is 16.3. The Labute approximate surface area is 96.5 Å². The maximum absolute atomic E-state index is 11.4. The number of aliphatic hydroxyl groups excluding tert-OH is 1. The van der Waals surface area contributed by atoms with Gasteiger partial charge in [-0.2, -0.15) is 0 Å². The molecule has 3 heteroatoms. The molecule has 0 aliphatic heterocycles. The molecule has 0 fully saturated rings. The van der Waals surface area contributed by atoms with E-state index in [1.54, 1.807) is 6.92 Å². The number of hydrogen-bond donors (Lipinski definition) is 2. The monoisotopic (exact) mass is 221 g/mol. The zero-order valence-electron chi connectivity index (χ0n) is 9.65. The van der Waals surface area contributed by atoms with Crippen LogP contribution in [0.4, 0.5) is 0 Å². The normalized spacial score (nSPS) is 12.1. The van der Waals surface area contributed by atoms with Gasteiger partial charge in [-0.15, -0.1) is 0 Å². The van der Waals surface area contributed by atoms with Crippen LogP contribution in [0, 0.1) is 0 Å². The molecule has 0 radical (unpaired) electrons. The van der Waals surface area contributed by atoms with Crippen LogP contribution < -0.4 is 5.32 Å². The minimum absolute atomic E-state index is 0.00950.